The average Bonchev–Trinajstić information content (AvgIpc) is 2.53. The first-order valence-electron chi connectivity index (χ1n) is 6.60. The van der Waals surface area contributed by atoms with Gasteiger partial charge in [-0.1, -0.05) is 12.1 Å². The first-order valence-corrected chi connectivity index (χ1v) is 7.13. The number of hydrogen-bond acceptors (Lipinski definition) is 3. The highest BCUT2D eigenvalue weighted by Crippen LogP contribution is 2.19. The Morgan fingerprint density at radius 1 is 1.40 bits per heavy atom. The summed E-state index contributed by atoms with van der Waals surface area (Å²) >= 11 is 5.82. The maximum atomic E-state index is 12.7. The number of carbonyl (C=O) groups excluding carboxylic acids is 1. The summed E-state index contributed by atoms with van der Waals surface area (Å²) < 4.78 is 5.49. The number of amides is 1. The molecule has 1 fully saturated rings. The molecule has 0 spiro atoms. The SMILES string of the molecule is O=C(c1cccc2ncccc12)N1CCOC(CCl)C1. The Kier molecular flexibility index (Phi) is 3.85. The van der Waals surface area contributed by atoms with Crippen LogP contribution in [0.2, 0.25) is 0 Å². The van der Waals surface area contributed by atoms with Crippen molar-refractivity contribution in [3.05, 3.63) is 42.1 Å². The number of rotatable bonds is 2. The second-order valence-corrected chi connectivity index (χ2v) is 5.08. The van der Waals surface area contributed by atoms with Crippen molar-refractivity contribution in [2.24, 2.45) is 0 Å². The summed E-state index contributed by atoms with van der Waals surface area (Å²) in [5.74, 6) is 0.419. The van der Waals surface area contributed by atoms with Crippen LogP contribution >= 0.6 is 11.6 Å². The van der Waals surface area contributed by atoms with Crippen LogP contribution in [0, 0.1) is 0 Å². The van der Waals surface area contributed by atoms with Crippen LogP contribution in [0.25, 0.3) is 10.9 Å². The Labute approximate surface area is 122 Å². The van der Waals surface area contributed by atoms with E-state index in [-0.39, 0.29) is 12.0 Å². The Morgan fingerprint density at radius 3 is 3.15 bits per heavy atom. The highest BCUT2D eigenvalue weighted by Gasteiger charge is 2.25. The molecular weight excluding hydrogens is 276 g/mol. The van der Waals surface area contributed by atoms with E-state index in [1.54, 1.807) is 11.1 Å². The van der Waals surface area contributed by atoms with Crippen molar-refractivity contribution in [2.45, 2.75) is 6.10 Å². The third-order valence-electron chi connectivity index (χ3n) is 3.47. The molecule has 20 heavy (non-hydrogen) atoms. The lowest BCUT2D eigenvalue weighted by Crippen LogP contribution is -2.46. The monoisotopic (exact) mass is 290 g/mol. The van der Waals surface area contributed by atoms with Crippen LogP contribution < -0.4 is 0 Å². The predicted molar refractivity (Wildman–Crippen MR) is 78.1 cm³/mol. The molecule has 0 radical (unpaired) electrons. The molecule has 1 aromatic carbocycles. The normalized spacial score (nSPS) is 19.2. The highest BCUT2D eigenvalue weighted by atomic mass is 35.5. The molecule has 1 saturated heterocycles. The van der Waals surface area contributed by atoms with Crippen LogP contribution in [0.5, 0.6) is 0 Å². The van der Waals surface area contributed by atoms with Crippen LogP contribution in [0.4, 0.5) is 0 Å². The van der Waals surface area contributed by atoms with E-state index in [2.05, 4.69) is 4.98 Å². The fraction of sp³-hybridized carbons (Fsp3) is 0.333. The number of benzene rings is 1. The van der Waals surface area contributed by atoms with E-state index in [0.717, 1.165) is 10.9 Å². The standard InChI is InChI=1S/C15H15ClN2O2/c16-9-11-10-18(7-8-20-11)15(19)13-3-1-5-14-12(13)4-2-6-17-14/h1-6,11H,7-10H2. The van der Waals surface area contributed by atoms with E-state index in [1.165, 1.54) is 0 Å². The number of fused-ring (bicyclic) bond motifs is 1. The minimum Gasteiger partial charge on any atom is -0.373 e. The fourth-order valence-corrected chi connectivity index (χ4v) is 2.64. The number of halogens is 1. The number of morpholine rings is 1. The zero-order chi connectivity index (χ0) is 13.9. The van der Waals surface area contributed by atoms with Gasteiger partial charge in [0, 0.05) is 30.2 Å². The van der Waals surface area contributed by atoms with E-state index in [4.69, 9.17) is 16.3 Å². The van der Waals surface area contributed by atoms with Crippen molar-refractivity contribution in [3.63, 3.8) is 0 Å². The van der Waals surface area contributed by atoms with E-state index in [0.29, 0.717) is 31.1 Å². The van der Waals surface area contributed by atoms with Gasteiger partial charge in [-0.05, 0) is 18.2 Å². The molecule has 1 aromatic heterocycles. The van der Waals surface area contributed by atoms with Crippen molar-refractivity contribution >= 4 is 28.4 Å². The van der Waals surface area contributed by atoms with Gasteiger partial charge < -0.3 is 9.64 Å². The van der Waals surface area contributed by atoms with Gasteiger partial charge in [-0.3, -0.25) is 9.78 Å². The molecule has 1 aliphatic heterocycles. The molecule has 0 saturated carbocycles. The van der Waals surface area contributed by atoms with Gasteiger partial charge in [0.05, 0.1) is 24.1 Å². The Morgan fingerprint density at radius 2 is 2.30 bits per heavy atom. The molecule has 1 unspecified atom stereocenters. The Balaban J connectivity index is 1.92. The molecule has 104 valence electrons. The lowest BCUT2D eigenvalue weighted by Gasteiger charge is -2.32. The second-order valence-electron chi connectivity index (χ2n) is 4.77. The Hall–Kier alpha value is -1.65. The topological polar surface area (TPSA) is 42.4 Å². The highest BCUT2D eigenvalue weighted by molar-refractivity contribution is 6.18. The van der Waals surface area contributed by atoms with Crippen LogP contribution in [-0.4, -0.2) is 47.5 Å². The number of hydrogen-bond donors (Lipinski definition) is 0. The van der Waals surface area contributed by atoms with Gasteiger partial charge in [-0.2, -0.15) is 0 Å². The smallest absolute Gasteiger partial charge is 0.254 e. The molecule has 2 aromatic rings. The maximum absolute atomic E-state index is 12.7. The lowest BCUT2D eigenvalue weighted by molar-refractivity contribution is -0.0107. The molecule has 0 aliphatic carbocycles. The van der Waals surface area contributed by atoms with Crippen molar-refractivity contribution in [1.29, 1.82) is 0 Å². The minimum absolute atomic E-state index is 0.0158. The third-order valence-corrected chi connectivity index (χ3v) is 3.82. The molecule has 1 amide bonds. The fourth-order valence-electron chi connectivity index (χ4n) is 2.46. The molecule has 1 atom stereocenters. The molecule has 1 aliphatic rings. The van der Waals surface area contributed by atoms with Crippen molar-refractivity contribution in [1.82, 2.24) is 9.88 Å². The van der Waals surface area contributed by atoms with Crippen LogP contribution in [0.3, 0.4) is 0 Å². The number of carbonyl (C=O) groups is 1. The molecule has 4 nitrogen and oxygen atoms in total. The van der Waals surface area contributed by atoms with Gasteiger partial charge in [-0.25, -0.2) is 0 Å². The molecule has 0 N–H and O–H groups in total. The van der Waals surface area contributed by atoms with Gasteiger partial charge in [0.1, 0.15) is 0 Å². The van der Waals surface area contributed by atoms with Crippen molar-refractivity contribution in [3.8, 4) is 0 Å². The van der Waals surface area contributed by atoms with Gasteiger partial charge in [0.15, 0.2) is 0 Å². The summed E-state index contributed by atoms with van der Waals surface area (Å²) in [5, 5.41) is 0.883. The summed E-state index contributed by atoms with van der Waals surface area (Å²) in [6.45, 7) is 1.67. The zero-order valence-corrected chi connectivity index (χ0v) is 11.7. The zero-order valence-electron chi connectivity index (χ0n) is 11.0. The van der Waals surface area contributed by atoms with Gasteiger partial charge in [0.25, 0.3) is 5.91 Å². The summed E-state index contributed by atoms with van der Waals surface area (Å²) in [4.78, 5) is 18.8. The maximum Gasteiger partial charge on any atom is 0.254 e. The number of pyridine rings is 1. The quantitative estimate of drug-likeness (QED) is 0.797. The Bertz CT molecular complexity index is 627. The largest absolute Gasteiger partial charge is 0.373 e. The van der Waals surface area contributed by atoms with Crippen molar-refractivity contribution < 1.29 is 9.53 Å². The van der Waals surface area contributed by atoms with Crippen LogP contribution in [-0.2, 0) is 4.74 Å². The number of nitrogens with zero attached hydrogens (tertiary/aromatic N) is 2. The molecule has 3 rings (SSSR count). The minimum atomic E-state index is -0.0810. The second kappa shape index (κ2) is 5.77. The summed E-state index contributed by atoms with van der Waals surface area (Å²) in [6, 6.07) is 9.39. The van der Waals surface area contributed by atoms with Crippen LogP contribution in [0.15, 0.2) is 36.5 Å². The van der Waals surface area contributed by atoms with E-state index >= 15 is 0 Å². The lowest BCUT2D eigenvalue weighted by atomic mass is 10.1. The van der Waals surface area contributed by atoms with E-state index in [1.807, 2.05) is 30.3 Å². The van der Waals surface area contributed by atoms with Gasteiger partial charge in [0.2, 0.25) is 0 Å². The molecular formula is C15H15ClN2O2. The molecule has 5 heteroatoms. The molecule has 0 bridgehead atoms. The number of ether oxygens (including phenoxy) is 1. The summed E-state index contributed by atoms with van der Waals surface area (Å²) in [5.41, 5.74) is 1.52. The molecule has 2 heterocycles. The van der Waals surface area contributed by atoms with Gasteiger partial charge in [-0.15, -0.1) is 11.6 Å². The number of alkyl halides is 1. The first-order chi connectivity index (χ1) is 9.79. The summed E-state index contributed by atoms with van der Waals surface area (Å²) in [6.07, 6.45) is 1.65. The summed E-state index contributed by atoms with van der Waals surface area (Å²) in [7, 11) is 0. The van der Waals surface area contributed by atoms with E-state index < -0.39 is 0 Å². The van der Waals surface area contributed by atoms with E-state index in [9.17, 15) is 4.79 Å². The predicted octanol–water partition coefficient (Wildman–Crippen LogP) is 2.31. The van der Waals surface area contributed by atoms with Crippen molar-refractivity contribution in [2.75, 3.05) is 25.6 Å². The van der Waals surface area contributed by atoms with Crippen LogP contribution in [0.1, 0.15) is 10.4 Å². The first kappa shape index (κ1) is 13.3. The van der Waals surface area contributed by atoms with Gasteiger partial charge >= 0.3 is 0 Å². The average molecular weight is 291 g/mol. The third kappa shape index (κ3) is 2.49. The number of aromatic nitrogens is 1.